The number of pyridine rings is 1. The highest BCUT2D eigenvalue weighted by atomic mass is 16.5. The van der Waals surface area contributed by atoms with Gasteiger partial charge in [-0.3, -0.25) is 4.79 Å². The zero-order valence-corrected chi connectivity index (χ0v) is 10.0. The fraction of sp³-hybridized carbons (Fsp3) is 0.333. The largest absolute Gasteiger partial charge is 0.370 e. The molecule has 2 aromatic rings. The number of nitrogens with one attached hydrogen (secondary N) is 1. The molecular weight excluding hydrogens is 232 g/mol. The first-order valence-electron chi connectivity index (χ1n) is 5.75. The number of nitrogens with two attached hydrogens (primary N) is 1. The van der Waals surface area contributed by atoms with Gasteiger partial charge in [0.2, 0.25) is 5.91 Å². The summed E-state index contributed by atoms with van der Waals surface area (Å²) in [5, 5.41) is 3.18. The molecule has 96 valence electrons. The zero-order valence-electron chi connectivity index (χ0n) is 10.0. The Hall–Kier alpha value is -1.92. The smallest absolute Gasteiger partial charge is 0.243 e. The number of hydrogen-bond donors (Lipinski definition) is 2. The summed E-state index contributed by atoms with van der Waals surface area (Å²) >= 11 is 0. The van der Waals surface area contributed by atoms with E-state index in [1.165, 1.54) is 0 Å². The van der Waals surface area contributed by atoms with Crippen molar-refractivity contribution in [1.29, 1.82) is 0 Å². The van der Waals surface area contributed by atoms with Gasteiger partial charge < -0.3 is 20.2 Å². The van der Waals surface area contributed by atoms with Crippen LogP contribution in [0.2, 0.25) is 0 Å². The molecule has 2 rings (SSSR count). The number of ether oxygens (including phenoxy) is 1. The van der Waals surface area contributed by atoms with Gasteiger partial charge in [0.1, 0.15) is 12.3 Å². The molecule has 0 aliphatic rings. The fourth-order valence-corrected chi connectivity index (χ4v) is 1.61. The molecule has 0 saturated heterocycles. The van der Waals surface area contributed by atoms with Crippen LogP contribution in [0.15, 0.2) is 30.6 Å². The predicted octanol–water partition coefficient (Wildman–Crippen LogP) is -0.0742. The molecule has 0 aliphatic carbocycles. The number of fused-ring (bicyclic) bond motifs is 1. The minimum atomic E-state index is -0.449. The second-order valence-corrected chi connectivity index (χ2v) is 3.89. The van der Waals surface area contributed by atoms with Gasteiger partial charge in [0.15, 0.2) is 0 Å². The second-order valence-electron chi connectivity index (χ2n) is 3.89. The van der Waals surface area contributed by atoms with E-state index in [0.29, 0.717) is 19.7 Å². The van der Waals surface area contributed by atoms with Crippen LogP contribution in [-0.2, 0) is 16.1 Å². The highest BCUT2D eigenvalue weighted by molar-refractivity contribution is 5.74. The summed E-state index contributed by atoms with van der Waals surface area (Å²) < 4.78 is 7.00. The molecule has 0 bridgehead atoms. The third-order valence-electron chi connectivity index (χ3n) is 2.39. The summed E-state index contributed by atoms with van der Waals surface area (Å²) in [6.07, 6.45) is 3.94. The molecule has 0 radical (unpaired) electrons. The number of carbonyl (C=O) groups excluding carboxylic acids is 1. The quantitative estimate of drug-likeness (QED) is 0.672. The first-order chi connectivity index (χ1) is 8.75. The highest BCUT2D eigenvalue weighted by Gasteiger charge is 2.00. The van der Waals surface area contributed by atoms with Crippen molar-refractivity contribution in [2.75, 3.05) is 19.8 Å². The average Bonchev–Trinajstić information content (AvgIpc) is 2.75. The van der Waals surface area contributed by atoms with Crippen LogP contribution >= 0.6 is 0 Å². The molecule has 6 heteroatoms. The first kappa shape index (κ1) is 12.5. The summed E-state index contributed by atoms with van der Waals surface area (Å²) in [6, 6.07) is 5.88. The number of aromatic nitrogens is 2. The molecule has 0 atom stereocenters. The highest BCUT2D eigenvalue weighted by Crippen LogP contribution is 2.03. The normalized spacial score (nSPS) is 10.9. The number of amides is 1. The van der Waals surface area contributed by atoms with Crippen molar-refractivity contribution in [3.8, 4) is 0 Å². The van der Waals surface area contributed by atoms with Crippen LogP contribution in [0, 0.1) is 0 Å². The molecule has 3 N–H and O–H groups in total. The van der Waals surface area contributed by atoms with E-state index >= 15 is 0 Å². The van der Waals surface area contributed by atoms with E-state index in [1.54, 1.807) is 0 Å². The van der Waals surface area contributed by atoms with Crippen LogP contribution in [0.5, 0.6) is 0 Å². The van der Waals surface area contributed by atoms with Crippen molar-refractivity contribution in [2.45, 2.75) is 6.54 Å². The van der Waals surface area contributed by atoms with Crippen molar-refractivity contribution < 1.29 is 9.53 Å². The van der Waals surface area contributed by atoms with Crippen LogP contribution in [0.1, 0.15) is 5.69 Å². The van der Waals surface area contributed by atoms with E-state index in [2.05, 4.69) is 10.3 Å². The lowest BCUT2D eigenvalue weighted by Crippen LogP contribution is -2.23. The maximum Gasteiger partial charge on any atom is 0.243 e. The van der Waals surface area contributed by atoms with Crippen molar-refractivity contribution in [2.24, 2.45) is 5.73 Å². The minimum Gasteiger partial charge on any atom is -0.370 e. The number of rotatable bonds is 7. The van der Waals surface area contributed by atoms with E-state index in [9.17, 15) is 4.79 Å². The van der Waals surface area contributed by atoms with Crippen LogP contribution in [-0.4, -0.2) is 35.1 Å². The standard InChI is InChI=1S/C12H16N4O2/c13-11(17)9-18-6-4-14-7-10-8-16-5-2-1-3-12(16)15-10/h1-3,5,8,14H,4,6-7,9H2,(H2,13,17). The summed E-state index contributed by atoms with van der Waals surface area (Å²) in [5.41, 5.74) is 6.84. The topological polar surface area (TPSA) is 81.7 Å². The lowest BCUT2D eigenvalue weighted by Gasteiger charge is -2.02. The molecule has 18 heavy (non-hydrogen) atoms. The molecule has 0 saturated carbocycles. The molecule has 1 amide bonds. The number of imidazole rings is 1. The van der Waals surface area contributed by atoms with E-state index in [-0.39, 0.29) is 6.61 Å². The molecule has 2 aromatic heterocycles. The van der Waals surface area contributed by atoms with Crippen LogP contribution in [0.3, 0.4) is 0 Å². The number of hydrogen-bond acceptors (Lipinski definition) is 4. The Labute approximate surface area is 105 Å². The molecule has 0 aliphatic heterocycles. The summed E-state index contributed by atoms with van der Waals surface area (Å²) in [7, 11) is 0. The third-order valence-corrected chi connectivity index (χ3v) is 2.39. The number of carbonyl (C=O) groups is 1. The van der Waals surface area contributed by atoms with Gasteiger partial charge in [0.05, 0.1) is 12.3 Å². The van der Waals surface area contributed by atoms with Crippen LogP contribution in [0.25, 0.3) is 5.65 Å². The number of primary amides is 1. The second kappa shape index (κ2) is 6.13. The van der Waals surface area contributed by atoms with Gasteiger partial charge in [0.25, 0.3) is 0 Å². The molecule has 6 nitrogen and oxygen atoms in total. The maximum atomic E-state index is 10.4. The van der Waals surface area contributed by atoms with Crippen molar-refractivity contribution >= 4 is 11.6 Å². The van der Waals surface area contributed by atoms with E-state index in [4.69, 9.17) is 10.5 Å². The molecule has 2 heterocycles. The van der Waals surface area contributed by atoms with Crippen molar-refractivity contribution in [3.05, 3.63) is 36.3 Å². The van der Waals surface area contributed by atoms with Crippen molar-refractivity contribution in [3.63, 3.8) is 0 Å². The molecular formula is C12H16N4O2. The first-order valence-corrected chi connectivity index (χ1v) is 5.75. The Morgan fingerprint density at radius 1 is 1.50 bits per heavy atom. The lowest BCUT2D eigenvalue weighted by atomic mass is 10.4. The van der Waals surface area contributed by atoms with Gasteiger partial charge in [-0.15, -0.1) is 0 Å². The van der Waals surface area contributed by atoms with E-state index in [0.717, 1.165) is 11.3 Å². The van der Waals surface area contributed by atoms with Gasteiger partial charge in [-0.25, -0.2) is 4.98 Å². The third kappa shape index (κ3) is 3.54. The van der Waals surface area contributed by atoms with Gasteiger partial charge in [-0.2, -0.15) is 0 Å². The Balaban J connectivity index is 1.72. The van der Waals surface area contributed by atoms with Crippen LogP contribution in [0.4, 0.5) is 0 Å². The Bertz CT molecular complexity index is 491. The summed E-state index contributed by atoms with van der Waals surface area (Å²) in [4.78, 5) is 14.9. The van der Waals surface area contributed by atoms with E-state index < -0.39 is 5.91 Å². The number of nitrogens with zero attached hydrogens (tertiary/aromatic N) is 2. The summed E-state index contributed by atoms with van der Waals surface area (Å²) in [6.45, 7) is 1.75. The fourth-order valence-electron chi connectivity index (χ4n) is 1.61. The molecule has 0 spiro atoms. The van der Waals surface area contributed by atoms with Gasteiger partial charge in [0, 0.05) is 25.5 Å². The Morgan fingerprint density at radius 2 is 2.39 bits per heavy atom. The summed E-state index contributed by atoms with van der Waals surface area (Å²) in [5.74, 6) is -0.449. The molecule has 0 aromatic carbocycles. The van der Waals surface area contributed by atoms with Gasteiger partial charge in [-0.05, 0) is 12.1 Å². The lowest BCUT2D eigenvalue weighted by molar-refractivity contribution is -0.122. The van der Waals surface area contributed by atoms with Crippen LogP contribution < -0.4 is 11.1 Å². The maximum absolute atomic E-state index is 10.4. The van der Waals surface area contributed by atoms with Gasteiger partial charge in [-0.1, -0.05) is 6.07 Å². The zero-order chi connectivity index (χ0) is 12.8. The monoisotopic (exact) mass is 248 g/mol. The Morgan fingerprint density at radius 3 is 3.17 bits per heavy atom. The SMILES string of the molecule is NC(=O)COCCNCc1cn2ccccc2n1. The van der Waals surface area contributed by atoms with E-state index in [1.807, 2.05) is 35.0 Å². The predicted molar refractivity (Wildman–Crippen MR) is 66.9 cm³/mol. The minimum absolute atomic E-state index is 0.0317. The van der Waals surface area contributed by atoms with Crippen molar-refractivity contribution in [1.82, 2.24) is 14.7 Å². The molecule has 0 unspecified atom stereocenters. The average molecular weight is 248 g/mol. The molecule has 0 fully saturated rings. The van der Waals surface area contributed by atoms with Gasteiger partial charge >= 0.3 is 0 Å². The Kier molecular flexibility index (Phi) is 4.27.